The number of aliphatic hydroxyl groups excluding tert-OH is 2. The number of phenols is 1. The minimum Gasteiger partial charge on any atom is -0.508 e. The van der Waals surface area contributed by atoms with Crippen LogP contribution >= 0.6 is 0 Å². The molecule has 7 N–H and O–H groups in total. The molecule has 3 aliphatic rings. The molecule has 2 unspecified atom stereocenters. The first-order valence-electron chi connectivity index (χ1n) is 13.3. The number of aromatic hydroxyl groups is 1. The summed E-state index contributed by atoms with van der Waals surface area (Å²) in [6.07, 6.45) is 0.207. The summed E-state index contributed by atoms with van der Waals surface area (Å²) >= 11 is 0. The third kappa shape index (κ3) is 4.32. The molecule has 0 spiro atoms. The van der Waals surface area contributed by atoms with Gasteiger partial charge in [0.05, 0.1) is 11.6 Å². The Balaban J connectivity index is 1.63. The molecule has 10 nitrogen and oxygen atoms in total. The number of rotatable bonds is 7. The van der Waals surface area contributed by atoms with Crippen molar-refractivity contribution in [2.45, 2.75) is 31.0 Å². The number of nitrogens with zero attached hydrogens (tertiary/aromatic N) is 1. The van der Waals surface area contributed by atoms with E-state index in [0.717, 1.165) is 11.1 Å². The van der Waals surface area contributed by atoms with Crippen LogP contribution in [0.15, 0.2) is 53.3 Å². The maximum absolute atomic E-state index is 13.9. The monoisotopic (exact) mass is 565 g/mol. The van der Waals surface area contributed by atoms with Gasteiger partial charge in [0.2, 0.25) is 5.78 Å². The van der Waals surface area contributed by atoms with Gasteiger partial charge in [-0.25, -0.2) is 4.39 Å². The zero-order valence-corrected chi connectivity index (χ0v) is 22.6. The fraction of sp³-hybridized carbons (Fsp3) is 0.367. The van der Waals surface area contributed by atoms with E-state index in [1.807, 2.05) is 24.3 Å². The molecule has 0 aromatic heterocycles. The molecule has 216 valence electrons. The second-order valence-electron chi connectivity index (χ2n) is 11.0. The summed E-state index contributed by atoms with van der Waals surface area (Å²) in [7, 11) is 3.11. The van der Waals surface area contributed by atoms with E-state index >= 15 is 0 Å². The average molecular weight is 566 g/mol. The van der Waals surface area contributed by atoms with E-state index in [9.17, 15) is 39.2 Å². The highest BCUT2D eigenvalue weighted by Crippen LogP contribution is 2.53. The number of hydrogen-bond acceptors (Lipinski definition) is 9. The highest BCUT2D eigenvalue weighted by Gasteiger charge is 2.64. The summed E-state index contributed by atoms with van der Waals surface area (Å²) in [6, 6.07) is 9.55. The minimum atomic E-state index is -2.67. The summed E-state index contributed by atoms with van der Waals surface area (Å²) < 4.78 is 12.6. The molecule has 0 radical (unpaired) electrons. The number of nitrogens with one attached hydrogen (secondary N) is 1. The van der Waals surface area contributed by atoms with Gasteiger partial charge < -0.3 is 31.5 Å². The number of carbonyl (C=O) groups excluding carboxylic acids is 3. The summed E-state index contributed by atoms with van der Waals surface area (Å²) in [5.41, 5.74) is 4.53. The van der Waals surface area contributed by atoms with Crippen LogP contribution < -0.4 is 11.1 Å². The molecule has 11 heteroatoms. The Hall–Kier alpha value is -4.06. The molecule has 1 fully saturated rings. The molecule has 1 amide bonds. The van der Waals surface area contributed by atoms with Crippen molar-refractivity contribution >= 4 is 23.2 Å². The number of Topliss-reactive ketones (excluding diaryl/α,β-unsaturated/α-hetero) is 2. The van der Waals surface area contributed by atoms with Crippen LogP contribution in [0.1, 0.15) is 23.1 Å². The van der Waals surface area contributed by atoms with E-state index in [0.29, 0.717) is 17.7 Å². The van der Waals surface area contributed by atoms with E-state index in [4.69, 9.17) is 5.73 Å². The molecule has 0 aliphatic heterocycles. The predicted octanol–water partition coefficient (Wildman–Crippen LogP) is 1.69. The van der Waals surface area contributed by atoms with Crippen LogP contribution in [0.3, 0.4) is 0 Å². The number of aliphatic hydroxyl groups is 3. The molecule has 2 aromatic rings. The van der Waals surface area contributed by atoms with Crippen LogP contribution in [0.25, 0.3) is 16.9 Å². The molecule has 0 heterocycles. The van der Waals surface area contributed by atoms with Crippen LogP contribution in [-0.2, 0) is 27.3 Å². The van der Waals surface area contributed by atoms with Crippen LogP contribution in [0.2, 0.25) is 0 Å². The van der Waals surface area contributed by atoms with Crippen molar-refractivity contribution in [2.75, 3.05) is 27.3 Å². The maximum atomic E-state index is 13.9. The van der Waals surface area contributed by atoms with Gasteiger partial charge in [-0.1, -0.05) is 30.3 Å². The first kappa shape index (κ1) is 28.5. The maximum Gasteiger partial charge on any atom is 0.255 e. The van der Waals surface area contributed by atoms with Gasteiger partial charge in [0.1, 0.15) is 29.5 Å². The Bertz CT molecular complexity index is 1530. The van der Waals surface area contributed by atoms with Crippen LogP contribution in [-0.4, -0.2) is 81.8 Å². The number of amides is 1. The van der Waals surface area contributed by atoms with E-state index in [2.05, 4.69) is 5.32 Å². The number of ketones is 2. The third-order valence-electron chi connectivity index (χ3n) is 8.44. The summed E-state index contributed by atoms with van der Waals surface area (Å²) in [6.45, 7) is 0.0785. The number of alkyl halides is 1. The fourth-order valence-electron chi connectivity index (χ4n) is 6.67. The largest absolute Gasteiger partial charge is 0.508 e. The van der Waals surface area contributed by atoms with Gasteiger partial charge >= 0.3 is 0 Å². The zero-order valence-electron chi connectivity index (χ0n) is 22.6. The van der Waals surface area contributed by atoms with Crippen LogP contribution in [0.4, 0.5) is 4.39 Å². The molecular weight excluding hydrogens is 533 g/mol. The summed E-state index contributed by atoms with van der Waals surface area (Å²) in [5.74, 6) is -6.88. The number of benzene rings is 2. The predicted molar refractivity (Wildman–Crippen MR) is 147 cm³/mol. The highest BCUT2D eigenvalue weighted by atomic mass is 19.1. The van der Waals surface area contributed by atoms with Crippen molar-refractivity contribution in [3.8, 4) is 16.9 Å². The Morgan fingerprint density at radius 2 is 1.88 bits per heavy atom. The Kier molecular flexibility index (Phi) is 7.22. The molecule has 3 aliphatic carbocycles. The third-order valence-corrected chi connectivity index (χ3v) is 8.44. The van der Waals surface area contributed by atoms with E-state index in [1.165, 1.54) is 11.0 Å². The van der Waals surface area contributed by atoms with Crippen molar-refractivity contribution in [3.63, 3.8) is 0 Å². The second-order valence-corrected chi connectivity index (χ2v) is 11.0. The van der Waals surface area contributed by atoms with Crippen molar-refractivity contribution in [1.82, 2.24) is 10.2 Å². The standard InChI is InChI=1S/C30H32FN3O7/c1-34(2)24-19-11-17-10-16-9-15(18-6-4-3-5-14(18)13-33-8-7-31)12-20(35)21(16)25(36)22(17)27(38)30(19,41)28(39)23(26(24)37)29(32)40/h3-6,9,12,17,19,24,33,35-36,39,41H,7-8,10-11,13H2,1-2H3,(H2,32,40)/t17?,19?,24-,30-/m0/s1. The lowest BCUT2D eigenvalue weighted by molar-refractivity contribution is -0.153. The topological polar surface area (TPSA) is 173 Å². The first-order valence-corrected chi connectivity index (χ1v) is 13.3. The number of likely N-dealkylation sites (N-methyl/N-ethyl adjacent to an activating group) is 1. The number of nitrogens with two attached hydrogens (primary N) is 1. The van der Waals surface area contributed by atoms with Gasteiger partial charge in [-0.05, 0) is 61.2 Å². The molecule has 5 rings (SSSR count). The average Bonchev–Trinajstić information content (AvgIpc) is 2.90. The lowest BCUT2D eigenvalue weighted by Gasteiger charge is -2.50. The Morgan fingerprint density at radius 3 is 2.54 bits per heavy atom. The molecule has 2 aromatic carbocycles. The number of primary amides is 1. The molecule has 0 saturated heterocycles. The van der Waals surface area contributed by atoms with Gasteiger partial charge in [-0.15, -0.1) is 0 Å². The van der Waals surface area contributed by atoms with E-state index in [1.54, 1.807) is 20.2 Å². The normalized spacial score (nSPS) is 25.7. The number of fused-ring (bicyclic) bond motifs is 3. The second kappa shape index (κ2) is 10.4. The van der Waals surface area contributed by atoms with E-state index < -0.39 is 64.7 Å². The smallest absolute Gasteiger partial charge is 0.255 e. The molecule has 4 atom stereocenters. The lowest BCUT2D eigenvalue weighted by atomic mass is 9.57. The summed E-state index contributed by atoms with van der Waals surface area (Å²) in [4.78, 5) is 40.7. The Labute approximate surface area is 235 Å². The van der Waals surface area contributed by atoms with Crippen molar-refractivity contribution < 1.29 is 39.2 Å². The minimum absolute atomic E-state index is 0.0144. The number of phenolic OH excluding ortho intramolecular Hbond substituents is 1. The van der Waals surface area contributed by atoms with Crippen LogP contribution in [0.5, 0.6) is 5.75 Å². The van der Waals surface area contributed by atoms with Gasteiger partial charge in [0.15, 0.2) is 11.4 Å². The van der Waals surface area contributed by atoms with Crippen LogP contribution in [0, 0.1) is 11.8 Å². The van der Waals surface area contributed by atoms with Crippen molar-refractivity contribution in [3.05, 3.63) is 70.0 Å². The SMILES string of the molecule is CN(C)[C@@H]1C(=O)C(C(N)=O)=C(O)[C@@]2(O)C(=O)C3=C(O)c4c(O)cc(-c5ccccc5CNCCF)cc4CC3CC12. The van der Waals surface area contributed by atoms with Gasteiger partial charge in [-0.2, -0.15) is 0 Å². The number of halogens is 1. The molecular formula is C30H32FN3O7. The molecule has 1 saturated carbocycles. The number of carbonyl (C=O) groups is 3. The summed E-state index contributed by atoms with van der Waals surface area (Å²) in [5, 5.41) is 48.0. The fourth-order valence-corrected chi connectivity index (χ4v) is 6.67. The highest BCUT2D eigenvalue weighted by molar-refractivity contribution is 6.24. The zero-order chi connectivity index (χ0) is 29.8. The van der Waals surface area contributed by atoms with Gasteiger partial charge in [0.25, 0.3) is 5.91 Å². The van der Waals surface area contributed by atoms with Gasteiger partial charge in [-0.3, -0.25) is 19.3 Å². The Morgan fingerprint density at radius 1 is 1.17 bits per heavy atom. The quantitative estimate of drug-likeness (QED) is 0.216. The molecule has 41 heavy (non-hydrogen) atoms. The lowest BCUT2D eigenvalue weighted by Crippen LogP contribution is -2.65. The van der Waals surface area contributed by atoms with Crippen molar-refractivity contribution in [1.29, 1.82) is 0 Å². The van der Waals surface area contributed by atoms with Crippen molar-refractivity contribution in [2.24, 2.45) is 17.6 Å². The first-order chi connectivity index (χ1) is 19.4. The number of hydrogen-bond donors (Lipinski definition) is 6. The molecule has 0 bridgehead atoms. The van der Waals surface area contributed by atoms with Gasteiger partial charge in [0, 0.05) is 24.6 Å². The van der Waals surface area contributed by atoms with E-state index in [-0.39, 0.29) is 36.3 Å².